The molecule has 3 rings (SSSR count). The van der Waals surface area contributed by atoms with E-state index in [2.05, 4.69) is 10.3 Å². The molecule has 0 fully saturated rings. The minimum Gasteiger partial charge on any atom is -0.480 e. The van der Waals surface area contributed by atoms with E-state index < -0.39 is 17.9 Å². The number of hydrogen-bond donors (Lipinski definition) is 3. The second-order valence-corrected chi connectivity index (χ2v) is 6.16. The monoisotopic (exact) mass is 370 g/mol. The van der Waals surface area contributed by atoms with Gasteiger partial charge in [0, 0.05) is 23.4 Å². The van der Waals surface area contributed by atoms with Gasteiger partial charge in [-0.25, -0.2) is 4.79 Å². The van der Waals surface area contributed by atoms with E-state index in [0.29, 0.717) is 11.1 Å². The summed E-state index contributed by atoms with van der Waals surface area (Å²) in [5, 5.41) is 12.9. The highest BCUT2D eigenvalue weighted by atomic mass is 35.5. The number of H-pyrrole nitrogens is 1. The second-order valence-electron chi connectivity index (χ2n) is 5.75. The number of carbonyl (C=O) groups is 2. The highest BCUT2D eigenvalue weighted by Crippen LogP contribution is 2.18. The molecule has 1 amide bonds. The average molecular weight is 371 g/mol. The van der Waals surface area contributed by atoms with Gasteiger partial charge in [-0.1, -0.05) is 41.9 Å². The molecule has 0 unspecified atom stereocenters. The molecule has 3 aromatic rings. The lowest BCUT2D eigenvalue weighted by molar-refractivity contribution is -0.139. The van der Waals surface area contributed by atoms with Crippen LogP contribution in [0.5, 0.6) is 0 Å². The summed E-state index contributed by atoms with van der Waals surface area (Å²) in [5.74, 6) is -1.79. The second kappa shape index (κ2) is 7.41. The Balaban J connectivity index is 1.91. The van der Waals surface area contributed by atoms with Crippen LogP contribution in [-0.2, 0) is 11.2 Å². The molecule has 1 heterocycles. The van der Waals surface area contributed by atoms with Crippen molar-refractivity contribution in [3.05, 3.63) is 81.1 Å². The van der Waals surface area contributed by atoms with Crippen LogP contribution in [0.1, 0.15) is 15.9 Å². The van der Waals surface area contributed by atoms with Gasteiger partial charge in [0.2, 0.25) is 5.56 Å². The fourth-order valence-electron chi connectivity index (χ4n) is 2.75. The number of halogens is 1. The zero-order chi connectivity index (χ0) is 18.7. The maximum atomic E-state index is 12.4. The van der Waals surface area contributed by atoms with Crippen LogP contribution in [-0.4, -0.2) is 28.0 Å². The van der Waals surface area contributed by atoms with Crippen LogP contribution < -0.4 is 10.9 Å². The van der Waals surface area contributed by atoms with E-state index in [1.54, 1.807) is 42.5 Å². The van der Waals surface area contributed by atoms with E-state index in [4.69, 9.17) is 11.6 Å². The predicted octanol–water partition coefficient (Wildman–Crippen LogP) is 2.61. The van der Waals surface area contributed by atoms with Crippen LogP contribution in [0.15, 0.2) is 59.4 Å². The van der Waals surface area contributed by atoms with Crippen molar-refractivity contribution in [3.8, 4) is 0 Å². The van der Waals surface area contributed by atoms with Gasteiger partial charge < -0.3 is 15.4 Å². The Labute approximate surface area is 153 Å². The summed E-state index contributed by atoms with van der Waals surface area (Å²) < 4.78 is 0. The molecule has 132 valence electrons. The molecule has 0 aliphatic heterocycles. The molecule has 3 N–H and O–H groups in total. The molecule has 0 saturated carbocycles. The molecular formula is C19H15ClN2O4. The zero-order valence-electron chi connectivity index (χ0n) is 13.5. The van der Waals surface area contributed by atoms with Crippen LogP contribution in [0, 0.1) is 0 Å². The Morgan fingerprint density at radius 3 is 2.54 bits per heavy atom. The number of carbonyl (C=O) groups excluding carboxylic acids is 1. The predicted molar refractivity (Wildman–Crippen MR) is 98.6 cm³/mol. The van der Waals surface area contributed by atoms with E-state index >= 15 is 0 Å². The van der Waals surface area contributed by atoms with Gasteiger partial charge in [0.1, 0.15) is 6.04 Å². The normalized spacial score (nSPS) is 11.9. The number of para-hydroxylation sites is 1. The van der Waals surface area contributed by atoms with E-state index in [0.717, 1.165) is 5.39 Å². The van der Waals surface area contributed by atoms with Crippen LogP contribution in [0.25, 0.3) is 10.9 Å². The first-order valence-electron chi connectivity index (χ1n) is 7.85. The van der Waals surface area contributed by atoms with Crippen molar-refractivity contribution in [2.45, 2.75) is 12.5 Å². The summed E-state index contributed by atoms with van der Waals surface area (Å²) in [6, 6.07) is 13.6. The van der Waals surface area contributed by atoms with E-state index in [1.165, 1.54) is 12.1 Å². The summed E-state index contributed by atoms with van der Waals surface area (Å²) in [5.41, 5.74) is 1.00. The van der Waals surface area contributed by atoms with Gasteiger partial charge in [-0.2, -0.15) is 0 Å². The standard InChI is InChI=1S/C19H15ClN2O4/c20-14-7-3-1-6-13(14)18(24)22-16(19(25)26)9-11-10-17(23)21-15-8-4-2-5-12(11)15/h1-8,10,16H,9H2,(H,21,23)(H,22,24)(H,25,26)/t16-/m1/s1. The number of hydrogen-bond acceptors (Lipinski definition) is 3. The smallest absolute Gasteiger partial charge is 0.326 e. The average Bonchev–Trinajstić information content (AvgIpc) is 2.61. The quantitative estimate of drug-likeness (QED) is 0.642. The third-order valence-corrected chi connectivity index (χ3v) is 4.31. The molecule has 0 saturated heterocycles. The molecular weight excluding hydrogens is 356 g/mol. The molecule has 1 aromatic heterocycles. The summed E-state index contributed by atoms with van der Waals surface area (Å²) in [6.07, 6.45) is -0.0318. The highest BCUT2D eigenvalue weighted by Gasteiger charge is 2.23. The van der Waals surface area contributed by atoms with Crippen molar-refractivity contribution in [1.29, 1.82) is 0 Å². The molecule has 2 aromatic carbocycles. The maximum absolute atomic E-state index is 12.4. The number of pyridine rings is 1. The number of fused-ring (bicyclic) bond motifs is 1. The van der Waals surface area contributed by atoms with Crippen molar-refractivity contribution < 1.29 is 14.7 Å². The molecule has 6 nitrogen and oxygen atoms in total. The Hall–Kier alpha value is -3.12. The van der Waals surface area contributed by atoms with Crippen molar-refractivity contribution >= 4 is 34.4 Å². The highest BCUT2D eigenvalue weighted by molar-refractivity contribution is 6.33. The minimum absolute atomic E-state index is 0.0318. The molecule has 0 spiro atoms. The van der Waals surface area contributed by atoms with Crippen molar-refractivity contribution in [2.75, 3.05) is 0 Å². The van der Waals surface area contributed by atoms with Crippen molar-refractivity contribution in [3.63, 3.8) is 0 Å². The Morgan fingerprint density at radius 2 is 1.81 bits per heavy atom. The SMILES string of the molecule is O=C(N[C@H](Cc1cc(=O)[nH]c2ccccc12)C(=O)O)c1ccccc1Cl. The van der Waals surface area contributed by atoms with E-state index in [1.807, 2.05) is 0 Å². The van der Waals surface area contributed by atoms with E-state index in [-0.39, 0.29) is 22.6 Å². The largest absolute Gasteiger partial charge is 0.480 e. The molecule has 0 aliphatic rings. The number of aliphatic carboxylic acids is 1. The van der Waals surface area contributed by atoms with Crippen LogP contribution >= 0.6 is 11.6 Å². The number of aromatic nitrogens is 1. The van der Waals surface area contributed by atoms with Crippen LogP contribution in [0.3, 0.4) is 0 Å². The number of amides is 1. The first kappa shape index (κ1) is 17.7. The topological polar surface area (TPSA) is 99.3 Å². The first-order chi connectivity index (χ1) is 12.5. The Kier molecular flexibility index (Phi) is 5.04. The Bertz CT molecular complexity index is 1040. The number of carboxylic acid groups (broad SMARTS) is 1. The molecule has 0 radical (unpaired) electrons. The van der Waals surface area contributed by atoms with Gasteiger partial charge in [0.05, 0.1) is 10.6 Å². The van der Waals surface area contributed by atoms with Gasteiger partial charge in [0.15, 0.2) is 0 Å². The van der Waals surface area contributed by atoms with Crippen LogP contribution in [0.4, 0.5) is 0 Å². The van der Waals surface area contributed by atoms with Gasteiger partial charge in [-0.3, -0.25) is 9.59 Å². The molecule has 1 atom stereocenters. The van der Waals surface area contributed by atoms with Crippen molar-refractivity contribution in [1.82, 2.24) is 10.3 Å². The van der Waals surface area contributed by atoms with Gasteiger partial charge in [-0.05, 0) is 23.8 Å². The number of benzene rings is 2. The summed E-state index contributed by atoms with van der Waals surface area (Å²) >= 11 is 5.99. The van der Waals surface area contributed by atoms with E-state index in [9.17, 15) is 19.5 Å². The summed E-state index contributed by atoms with van der Waals surface area (Å²) in [7, 11) is 0. The lowest BCUT2D eigenvalue weighted by Crippen LogP contribution is -2.42. The number of rotatable bonds is 5. The number of carboxylic acids is 1. The third kappa shape index (κ3) is 3.75. The molecule has 0 bridgehead atoms. The lowest BCUT2D eigenvalue weighted by Gasteiger charge is -2.16. The molecule has 26 heavy (non-hydrogen) atoms. The lowest BCUT2D eigenvalue weighted by atomic mass is 10.0. The summed E-state index contributed by atoms with van der Waals surface area (Å²) in [6.45, 7) is 0. The van der Waals surface area contributed by atoms with Gasteiger partial charge in [0.25, 0.3) is 5.91 Å². The fraction of sp³-hybridized carbons (Fsp3) is 0.105. The number of nitrogens with one attached hydrogen (secondary N) is 2. The first-order valence-corrected chi connectivity index (χ1v) is 8.22. The molecule has 0 aliphatic carbocycles. The fourth-order valence-corrected chi connectivity index (χ4v) is 2.97. The van der Waals surface area contributed by atoms with Crippen LogP contribution in [0.2, 0.25) is 5.02 Å². The minimum atomic E-state index is -1.20. The van der Waals surface area contributed by atoms with Crippen molar-refractivity contribution in [2.24, 2.45) is 0 Å². The maximum Gasteiger partial charge on any atom is 0.326 e. The number of aromatic amines is 1. The molecule has 7 heteroatoms. The third-order valence-electron chi connectivity index (χ3n) is 3.98. The van der Waals surface area contributed by atoms with Gasteiger partial charge >= 0.3 is 5.97 Å². The van der Waals surface area contributed by atoms with Gasteiger partial charge in [-0.15, -0.1) is 0 Å². The Morgan fingerprint density at radius 1 is 1.12 bits per heavy atom. The zero-order valence-corrected chi connectivity index (χ0v) is 14.3. The summed E-state index contributed by atoms with van der Waals surface area (Å²) in [4.78, 5) is 38.6.